The number of benzene rings is 1. The summed E-state index contributed by atoms with van der Waals surface area (Å²) in [6.45, 7) is 1.60. The van der Waals surface area contributed by atoms with Gasteiger partial charge in [0.2, 0.25) is 0 Å². The second-order valence-corrected chi connectivity index (χ2v) is 8.77. The Morgan fingerprint density at radius 2 is 2.00 bits per heavy atom. The number of aromatic amines is 1. The van der Waals surface area contributed by atoms with Gasteiger partial charge in [0.1, 0.15) is 23.5 Å². The van der Waals surface area contributed by atoms with E-state index in [9.17, 15) is 13.2 Å². The van der Waals surface area contributed by atoms with Gasteiger partial charge in [-0.2, -0.15) is 18.3 Å². The number of hydrogen-bond acceptors (Lipinski definition) is 5. The molecular formula is C23H24F3N7. The summed E-state index contributed by atoms with van der Waals surface area (Å²) in [6.07, 6.45) is 0.481. The SMILES string of the molecule is C[C@@H](N)c1nc(C(F)(F)F)cc2c(-c3cccc([C@H](c4nncn4C)C4CCC4)c3)n[nH]c12. The molecule has 5 rings (SSSR count). The number of halogens is 3. The maximum absolute atomic E-state index is 13.5. The fraction of sp³-hybridized carbons (Fsp3) is 0.391. The highest BCUT2D eigenvalue weighted by atomic mass is 19.4. The highest BCUT2D eigenvalue weighted by Crippen LogP contribution is 2.43. The lowest BCUT2D eigenvalue weighted by Crippen LogP contribution is -2.24. The van der Waals surface area contributed by atoms with E-state index < -0.39 is 17.9 Å². The van der Waals surface area contributed by atoms with Crippen LogP contribution in [0.15, 0.2) is 36.7 Å². The van der Waals surface area contributed by atoms with Gasteiger partial charge in [-0.1, -0.05) is 24.6 Å². The minimum absolute atomic E-state index is 0.0587. The van der Waals surface area contributed by atoms with E-state index in [1.165, 1.54) is 6.42 Å². The van der Waals surface area contributed by atoms with Crippen LogP contribution in [0.1, 0.15) is 60.9 Å². The van der Waals surface area contributed by atoms with Crippen molar-refractivity contribution < 1.29 is 13.2 Å². The number of nitrogens with two attached hydrogens (primary N) is 1. The van der Waals surface area contributed by atoms with Gasteiger partial charge in [0.05, 0.1) is 11.2 Å². The van der Waals surface area contributed by atoms with Gasteiger partial charge in [-0.05, 0) is 43.4 Å². The third kappa shape index (κ3) is 3.78. The van der Waals surface area contributed by atoms with Crippen LogP contribution in [0.3, 0.4) is 0 Å². The van der Waals surface area contributed by atoms with Gasteiger partial charge >= 0.3 is 6.18 Å². The summed E-state index contributed by atoms with van der Waals surface area (Å²) in [5, 5.41) is 16.0. The van der Waals surface area contributed by atoms with Gasteiger partial charge in [-0.15, -0.1) is 10.2 Å². The van der Waals surface area contributed by atoms with Crippen LogP contribution in [0.5, 0.6) is 0 Å². The second kappa shape index (κ2) is 7.95. The Balaban J connectivity index is 1.65. The van der Waals surface area contributed by atoms with Gasteiger partial charge in [0.15, 0.2) is 0 Å². The van der Waals surface area contributed by atoms with Crippen LogP contribution in [0, 0.1) is 5.92 Å². The van der Waals surface area contributed by atoms with Crippen LogP contribution in [-0.2, 0) is 13.2 Å². The second-order valence-electron chi connectivity index (χ2n) is 8.77. The van der Waals surface area contributed by atoms with E-state index in [4.69, 9.17) is 5.73 Å². The van der Waals surface area contributed by atoms with Crippen LogP contribution >= 0.6 is 0 Å². The zero-order chi connectivity index (χ0) is 23.3. The van der Waals surface area contributed by atoms with Gasteiger partial charge in [-0.25, -0.2) is 4.98 Å². The van der Waals surface area contributed by atoms with Gasteiger partial charge < -0.3 is 10.3 Å². The number of nitrogens with one attached hydrogen (secondary N) is 1. The van der Waals surface area contributed by atoms with Crippen molar-refractivity contribution in [3.8, 4) is 11.3 Å². The normalized spacial score (nSPS) is 16.7. The molecule has 0 amide bonds. The number of hydrogen-bond donors (Lipinski definition) is 2. The number of aromatic nitrogens is 6. The average Bonchev–Trinajstić information content (AvgIpc) is 3.35. The first-order valence-electron chi connectivity index (χ1n) is 10.9. The van der Waals surface area contributed by atoms with Crippen molar-refractivity contribution >= 4 is 10.9 Å². The van der Waals surface area contributed by atoms with E-state index in [-0.39, 0.29) is 11.6 Å². The molecule has 1 aliphatic carbocycles. The number of H-pyrrole nitrogens is 1. The van der Waals surface area contributed by atoms with Crippen molar-refractivity contribution in [2.45, 2.75) is 44.3 Å². The first-order chi connectivity index (χ1) is 15.7. The van der Waals surface area contributed by atoms with Gasteiger partial charge in [0, 0.05) is 30.0 Å². The summed E-state index contributed by atoms with van der Waals surface area (Å²) in [7, 11) is 1.92. The quantitative estimate of drug-likeness (QED) is 0.454. The molecule has 172 valence electrons. The molecule has 10 heteroatoms. The summed E-state index contributed by atoms with van der Waals surface area (Å²) >= 11 is 0. The number of alkyl halides is 3. The zero-order valence-electron chi connectivity index (χ0n) is 18.3. The largest absolute Gasteiger partial charge is 0.433 e. The van der Waals surface area contributed by atoms with Crippen molar-refractivity contribution in [1.82, 2.24) is 29.9 Å². The van der Waals surface area contributed by atoms with Crippen LogP contribution in [0.4, 0.5) is 13.2 Å². The molecule has 7 nitrogen and oxygen atoms in total. The monoisotopic (exact) mass is 455 g/mol. The fourth-order valence-electron chi connectivity index (χ4n) is 4.59. The number of nitrogens with zero attached hydrogens (tertiary/aromatic N) is 5. The lowest BCUT2D eigenvalue weighted by Gasteiger charge is -2.33. The van der Waals surface area contributed by atoms with Crippen LogP contribution in [0.25, 0.3) is 22.2 Å². The molecule has 33 heavy (non-hydrogen) atoms. The van der Waals surface area contributed by atoms with Crippen molar-refractivity contribution in [1.29, 1.82) is 0 Å². The molecule has 0 unspecified atom stereocenters. The molecule has 0 radical (unpaired) electrons. The Kier molecular flexibility index (Phi) is 5.19. The third-order valence-corrected chi connectivity index (χ3v) is 6.47. The molecule has 2 atom stereocenters. The summed E-state index contributed by atoms with van der Waals surface area (Å²) in [4.78, 5) is 3.77. The maximum Gasteiger partial charge on any atom is 0.433 e. The van der Waals surface area contributed by atoms with Gasteiger partial charge in [0.25, 0.3) is 0 Å². The lowest BCUT2D eigenvalue weighted by atomic mass is 9.72. The van der Waals surface area contributed by atoms with Crippen molar-refractivity contribution in [2.75, 3.05) is 0 Å². The van der Waals surface area contributed by atoms with E-state index in [2.05, 4.69) is 25.4 Å². The van der Waals surface area contributed by atoms with E-state index in [0.29, 0.717) is 22.5 Å². The number of rotatable bonds is 5. The third-order valence-electron chi connectivity index (χ3n) is 6.47. The molecule has 0 saturated heterocycles. The molecule has 1 aliphatic rings. The minimum Gasteiger partial charge on any atom is -0.323 e. The molecule has 4 aromatic rings. The molecule has 0 spiro atoms. The highest BCUT2D eigenvalue weighted by Gasteiger charge is 2.35. The topological polar surface area (TPSA) is 98.3 Å². The molecule has 3 heterocycles. The van der Waals surface area contributed by atoms with Gasteiger partial charge in [-0.3, -0.25) is 5.10 Å². The van der Waals surface area contributed by atoms with Crippen molar-refractivity contribution in [2.24, 2.45) is 18.7 Å². The summed E-state index contributed by atoms with van der Waals surface area (Å²) < 4.78 is 42.6. The number of pyridine rings is 1. The molecule has 3 aromatic heterocycles. The molecular weight excluding hydrogens is 431 g/mol. The Hall–Kier alpha value is -3.27. The van der Waals surface area contributed by atoms with E-state index >= 15 is 0 Å². The first-order valence-corrected chi connectivity index (χ1v) is 10.9. The highest BCUT2D eigenvalue weighted by molar-refractivity contribution is 5.94. The minimum atomic E-state index is -4.59. The molecule has 0 aliphatic heterocycles. The fourth-order valence-corrected chi connectivity index (χ4v) is 4.59. The first kappa shape index (κ1) is 21.6. The van der Waals surface area contributed by atoms with Crippen molar-refractivity contribution in [3.05, 3.63) is 59.4 Å². The maximum atomic E-state index is 13.5. The smallest absolute Gasteiger partial charge is 0.323 e. The van der Waals surface area contributed by atoms with Crippen LogP contribution in [0.2, 0.25) is 0 Å². The van der Waals surface area contributed by atoms with Crippen LogP contribution in [-0.4, -0.2) is 29.9 Å². The molecule has 3 N–H and O–H groups in total. The van der Waals surface area contributed by atoms with E-state index in [1.807, 2.05) is 35.9 Å². The Labute approximate surface area is 188 Å². The Morgan fingerprint density at radius 3 is 2.61 bits per heavy atom. The standard InChI is InChI=1S/C23H24F3N7/c1-12(27)19-21-16(10-17(29-19)23(24,25)26)20(30-31-21)15-8-4-7-14(9-15)18(13-5-3-6-13)22-32-28-11-33(22)2/h4,7-13,18H,3,5-6,27H2,1-2H3,(H,30,31)/t12-,18-/m1/s1. The number of fused-ring (bicyclic) bond motifs is 1. The van der Waals surface area contributed by atoms with E-state index in [0.717, 1.165) is 35.9 Å². The average molecular weight is 455 g/mol. The summed E-state index contributed by atoms with van der Waals surface area (Å²) in [5.74, 6) is 1.39. The van der Waals surface area contributed by atoms with Crippen LogP contribution < -0.4 is 5.73 Å². The predicted octanol–water partition coefficient (Wildman–Crippen LogP) is 4.72. The van der Waals surface area contributed by atoms with E-state index in [1.54, 1.807) is 13.3 Å². The lowest BCUT2D eigenvalue weighted by molar-refractivity contribution is -0.141. The predicted molar refractivity (Wildman–Crippen MR) is 117 cm³/mol. The molecule has 0 bridgehead atoms. The summed E-state index contributed by atoms with van der Waals surface area (Å²) in [5.41, 5.74) is 7.72. The number of aryl methyl sites for hydroxylation is 1. The Bertz CT molecular complexity index is 1300. The van der Waals surface area contributed by atoms with Crippen molar-refractivity contribution in [3.63, 3.8) is 0 Å². The summed E-state index contributed by atoms with van der Waals surface area (Å²) in [6, 6.07) is 8.14. The molecule has 1 aromatic carbocycles. The molecule has 1 fully saturated rings. The zero-order valence-corrected chi connectivity index (χ0v) is 18.3. The molecule has 1 saturated carbocycles. The Morgan fingerprint density at radius 1 is 1.21 bits per heavy atom.